The Morgan fingerprint density at radius 1 is 0.750 bits per heavy atom. The summed E-state index contributed by atoms with van der Waals surface area (Å²) in [6, 6.07) is 23.7. The van der Waals surface area contributed by atoms with Crippen molar-refractivity contribution < 1.29 is 0 Å². The van der Waals surface area contributed by atoms with Gasteiger partial charge in [0.2, 0.25) is 0 Å². The van der Waals surface area contributed by atoms with Crippen LogP contribution in [-0.4, -0.2) is 9.55 Å². The van der Waals surface area contributed by atoms with Gasteiger partial charge in [-0.25, -0.2) is 4.98 Å². The summed E-state index contributed by atoms with van der Waals surface area (Å²) >= 11 is 3.73. The second-order valence-corrected chi connectivity index (χ2v) is 8.59. The molecule has 0 saturated carbocycles. The maximum Gasteiger partial charge on any atom is 0.182 e. The molecule has 0 atom stereocenters. The monoisotopic (exact) mass is 432 g/mol. The van der Waals surface area contributed by atoms with Gasteiger partial charge in [0.15, 0.2) is 4.73 Å². The summed E-state index contributed by atoms with van der Waals surface area (Å²) in [6.45, 7) is 9.07. The third kappa shape index (κ3) is 3.29. The number of aromatic nitrogens is 2. The maximum atomic E-state index is 4.75. The predicted octanol–water partition coefficient (Wildman–Crippen LogP) is 7.70. The van der Waals surface area contributed by atoms with Gasteiger partial charge in [-0.3, -0.25) is 4.57 Å². The first-order valence-electron chi connectivity index (χ1n) is 9.84. The van der Waals surface area contributed by atoms with Crippen LogP contribution in [-0.2, 0) is 0 Å². The lowest BCUT2D eigenvalue weighted by atomic mass is 9.88. The van der Waals surface area contributed by atoms with Crippen LogP contribution < -0.4 is 0 Å². The van der Waals surface area contributed by atoms with Crippen LogP contribution in [0.15, 0.2) is 71.5 Å². The van der Waals surface area contributed by atoms with Crippen LogP contribution in [0.3, 0.4) is 0 Å². The molecule has 1 aromatic heterocycles. The molecule has 0 bridgehead atoms. The number of fused-ring (bicyclic) bond motifs is 1. The van der Waals surface area contributed by atoms with E-state index in [9.17, 15) is 0 Å². The van der Waals surface area contributed by atoms with Crippen LogP contribution in [0.2, 0.25) is 0 Å². The summed E-state index contributed by atoms with van der Waals surface area (Å²) in [7, 11) is 0. The lowest BCUT2D eigenvalue weighted by Gasteiger charge is -2.23. The predicted molar refractivity (Wildman–Crippen MR) is 122 cm³/mol. The lowest BCUT2D eigenvalue weighted by Crippen LogP contribution is -2.08. The first-order valence-corrected chi connectivity index (χ1v) is 10.6. The van der Waals surface area contributed by atoms with E-state index in [2.05, 4.69) is 109 Å². The summed E-state index contributed by atoms with van der Waals surface area (Å²) in [5.41, 5.74) is 8.61. The molecule has 0 spiro atoms. The van der Waals surface area contributed by atoms with Crippen LogP contribution in [0.1, 0.15) is 50.7 Å². The van der Waals surface area contributed by atoms with Gasteiger partial charge in [0.1, 0.15) is 0 Å². The number of benzene rings is 3. The maximum absolute atomic E-state index is 4.75. The molecule has 0 aliphatic carbocycles. The molecule has 0 unspecified atom stereocenters. The highest BCUT2D eigenvalue weighted by Crippen LogP contribution is 2.38. The van der Waals surface area contributed by atoms with E-state index in [1.807, 2.05) is 6.07 Å². The van der Waals surface area contributed by atoms with Crippen LogP contribution in [0.5, 0.6) is 0 Å². The van der Waals surface area contributed by atoms with Crippen LogP contribution >= 0.6 is 15.9 Å². The molecule has 1 heterocycles. The highest BCUT2D eigenvalue weighted by molar-refractivity contribution is 9.10. The normalized spacial score (nSPS) is 11.7. The van der Waals surface area contributed by atoms with Gasteiger partial charge in [0.25, 0.3) is 0 Å². The number of hydrogen-bond acceptors (Lipinski definition) is 1. The fourth-order valence-electron chi connectivity index (χ4n) is 3.83. The molecular weight excluding hydrogens is 408 g/mol. The summed E-state index contributed by atoms with van der Waals surface area (Å²) in [5.74, 6) is 0.786. The van der Waals surface area contributed by atoms with Gasteiger partial charge in [0, 0.05) is 0 Å². The van der Waals surface area contributed by atoms with Crippen molar-refractivity contribution in [1.29, 1.82) is 0 Å². The van der Waals surface area contributed by atoms with E-state index >= 15 is 0 Å². The molecule has 0 aliphatic heterocycles. The minimum absolute atomic E-state index is 0.393. The van der Waals surface area contributed by atoms with Crippen molar-refractivity contribution in [2.24, 2.45) is 0 Å². The second kappa shape index (κ2) is 7.56. The Morgan fingerprint density at radius 3 is 1.93 bits per heavy atom. The first-order chi connectivity index (χ1) is 13.5. The number of rotatable bonds is 4. The zero-order valence-corrected chi connectivity index (χ0v) is 18.4. The van der Waals surface area contributed by atoms with E-state index < -0.39 is 0 Å². The van der Waals surface area contributed by atoms with Crippen molar-refractivity contribution >= 4 is 27.0 Å². The molecule has 4 rings (SSSR count). The van der Waals surface area contributed by atoms with Crippen LogP contribution in [0, 0.1) is 0 Å². The molecule has 0 saturated heterocycles. The number of hydrogen-bond donors (Lipinski definition) is 0. The van der Waals surface area contributed by atoms with E-state index in [1.54, 1.807) is 0 Å². The quantitative estimate of drug-likeness (QED) is 0.322. The lowest BCUT2D eigenvalue weighted by molar-refractivity contribution is 0.806. The fraction of sp³-hybridized carbons (Fsp3) is 0.240. The van der Waals surface area contributed by atoms with Crippen LogP contribution in [0.25, 0.3) is 27.8 Å². The van der Waals surface area contributed by atoms with Gasteiger partial charge in [-0.1, -0.05) is 70.2 Å². The summed E-state index contributed by atoms with van der Waals surface area (Å²) in [6.07, 6.45) is 0. The first kappa shape index (κ1) is 18.9. The van der Waals surface area contributed by atoms with Gasteiger partial charge >= 0.3 is 0 Å². The van der Waals surface area contributed by atoms with E-state index in [4.69, 9.17) is 4.98 Å². The molecule has 142 valence electrons. The minimum atomic E-state index is 0.393. The minimum Gasteiger partial charge on any atom is -0.286 e. The van der Waals surface area contributed by atoms with Crippen LogP contribution in [0.4, 0.5) is 0 Å². The van der Waals surface area contributed by atoms with E-state index in [-0.39, 0.29) is 0 Å². The van der Waals surface area contributed by atoms with E-state index in [0.717, 1.165) is 15.8 Å². The fourth-order valence-corrected chi connectivity index (χ4v) is 4.38. The number of halogens is 1. The van der Waals surface area contributed by atoms with Gasteiger partial charge < -0.3 is 0 Å². The third-order valence-electron chi connectivity index (χ3n) is 5.26. The molecule has 3 aromatic carbocycles. The zero-order valence-electron chi connectivity index (χ0n) is 16.8. The summed E-state index contributed by atoms with van der Waals surface area (Å²) < 4.78 is 3.12. The Bertz CT molecular complexity index is 1090. The Morgan fingerprint density at radius 2 is 1.32 bits per heavy atom. The Kier molecular flexibility index (Phi) is 5.11. The molecule has 3 heteroatoms. The van der Waals surface area contributed by atoms with E-state index in [1.165, 1.54) is 27.9 Å². The largest absolute Gasteiger partial charge is 0.286 e. The number of para-hydroxylation sites is 2. The van der Waals surface area contributed by atoms with Crippen molar-refractivity contribution in [3.63, 3.8) is 0 Å². The SMILES string of the molecule is CC(C)c1cc(-c2ccccc2)cc(C(C)C)c1-n1c(Br)nc2ccccc21. The smallest absolute Gasteiger partial charge is 0.182 e. The molecule has 2 nitrogen and oxygen atoms in total. The zero-order chi connectivity index (χ0) is 19.8. The van der Waals surface area contributed by atoms with Crippen molar-refractivity contribution in [3.05, 3.63) is 82.6 Å². The summed E-state index contributed by atoms with van der Waals surface area (Å²) in [4.78, 5) is 4.75. The second-order valence-electron chi connectivity index (χ2n) is 7.88. The van der Waals surface area contributed by atoms with Crippen molar-refractivity contribution in [2.75, 3.05) is 0 Å². The highest BCUT2D eigenvalue weighted by atomic mass is 79.9. The standard InChI is InChI=1S/C25H25BrN2/c1-16(2)20-14-19(18-10-6-5-7-11-18)15-21(17(3)4)24(20)28-23-13-9-8-12-22(23)27-25(28)26/h5-17H,1-4H3. The summed E-state index contributed by atoms with van der Waals surface area (Å²) in [5, 5.41) is 0. The van der Waals surface area contributed by atoms with Gasteiger partial charge in [-0.15, -0.1) is 0 Å². The Balaban J connectivity index is 2.07. The molecule has 28 heavy (non-hydrogen) atoms. The molecule has 0 radical (unpaired) electrons. The highest BCUT2D eigenvalue weighted by Gasteiger charge is 2.21. The number of nitrogens with zero attached hydrogens (tertiary/aromatic N) is 2. The number of imidazole rings is 1. The molecule has 0 aliphatic rings. The molecule has 4 aromatic rings. The molecule has 0 fully saturated rings. The van der Waals surface area contributed by atoms with Gasteiger partial charge in [-0.05, 0) is 74.3 Å². The molecule has 0 amide bonds. The average Bonchev–Trinajstić information content (AvgIpc) is 3.03. The average molecular weight is 433 g/mol. The van der Waals surface area contributed by atoms with Crippen molar-refractivity contribution in [3.8, 4) is 16.8 Å². The van der Waals surface area contributed by atoms with E-state index in [0.29, 0.717) is 11.8 Å². The van der Waals surface area contributed by atoms with Gasteiger partial charge in [0.05, 0.1) is 16.7 Å². The Hall–Kier alpha value is -2.39. The van der Waals surface area contributed by atoms with Gasteiger partial charge in [-0.2, -0.15) is 0 Å². The van der Waals surface area contributed by atoms with Crippen molar-refractivity contribution in [2.45, 2.75) is 39.5 Å². The topological polar surface area (TPSA) is 17.8 Å². The third-order valence-corrected chi connectivity index (χ3v) is 5.80. The van der Waals surface area contributed by atoms with Crippen molar-refractivity contribution in [1.82, 2.24) is 9.55 Å². The molecular formula is C25H25BrN2. The molecule has 0 N–H and O–H groups in total. The Labute approximate surface area is 175 Å².